The van der Waals surface area contributed by atoms with Crippen LogP contribution in [0.2, 0.25) is 0 Å². The highest BCUT2D eigenvalue weighted by Crippen LogP contribution is 2.38. The van der Waals surface area contributed by atoms with Gasteiger partial charge in [0.05, 0.1) is 32.9 Å². The Morgan fingerprint density at radius 1 is 1.02 bits per heavy atom. The lowest BCUT2D eigenvalue weighted by molar-refractivity contribution is -0.161. The van der Waals surface area contributed by atoms with Gasteiger partial charge in [0, 0.05) is 13.5 Å². The van der Waals surface area contributed by atoms with Gasteiger partial charge in [-0.05, 0) is 40.8 Å². The molecule has 1 fully saturated rings. The molecular formula is C31H33N5O7. The average Bonchev–Trinajstić information content (AvgIpc) is 3.24. The molecule has 3 N–H and O–H groups in total. The number of rotatable bonds is 12. The van der Waals surface area contributed by atoms with E-state index in [1.54, 1.807) is 36.4 Å². The molecule has 1 aliphatic rings. The number of urea groups is 1. The number of nitrogens with zero attached hydrogens (tertiary/aromatic N) is 4. The van der Waals surface area contributed by atoms with Gasteiger partial charge in [0.15, 0.2) is 11.5 Å². The summed E-state index contributed by atoms with van der Waals surface area (Å²) in [4.78, 5) is 54.9. The second kappa shape index (κ2) is 13.5. The number of hydrazine groups is 1. The molecule has 3 aromatic carbocycles. The van der Waals surface area contributed by atoms with Gasteiger partial charge >= 0.3 is 12.0 Å². The van der Waals surface area contributed by atoms with E-state index >= 15 is 0 Å². The van der Waals surface area contributed by atoms with E-state index in [0.717, 1.165) is 15.6 Å². The number of aliphatic carboxylic acids is 1. The highest BCUT2D eigenvalue weighted by Gasteiger charge is 2.51. The SMILES string of the molecule is COc1ccc([C@@H](CC(=O)O)N(C(C)=O)N2C(=O)[C@@H](c3ccc(C=NN)cc3)N(CCc3ccccc3)C2=O)cc1OC. The number of hydrazone groups is 1. The van der Waals surface area contributed by atoms with Gasteiger partial charge in [-0.1, -0.05) is 60.7 Å². The lowest BCUT2D eigenvalue weighted by Gasteiger charge is -2.35. The van der Waals surface area contributed by atoms with Crippen molar-refractivity contribution in [1.82, 2.24) is 14.9 Å². The maximum Gasteiger partial charge on any atom is 0.347 e. The molecule has 224 valence electrons. The van der Waals surface area contributed by atoms with Crippen LogP contribution in [-0.2, 0) is 20.8 Å². The van der Waals surface area contributed by atoms with E-state index in [1.165, 1.54) is 38.3 Å². The zero-order valence-corrected chi connectivity index (χ0v) is 24.0. The van der Waals surface area contributed by atoms with E-state index in [-0.39, 0.29) is 6.54 Å². The first kappa shape index (κ1) is 30.6. The number of carboxylic acid groups (broad SMARTS) is 1. The number of amides is 4. The summed E-state index contributed by atoms with van der Waals surface area (Å²) in [6, 6.07) is 17.9. The molecule has 3 aromatic rings. The first-order chi connectivity index (χ1) is 20.7. The minimum Gasteiger partial charge on any atom is -0.493 e. The van der Waals surface area contributed by atoms with Gasteiger partial charge in [0.2, 0.25) is 5.91 Å². The third kappa shape index (κ3) is 6.58. The number of ether oxygens (including phenoxy) is 2. The van der Waals surface area contributed by atoms with E-state index in [4.69, 9.17) is 15.3 Å². The Balaban J connectivity index is 1.79. The Labute approximate surface area is 248 Å². The summed E-state index contributed by atoms with van der Waals surface area (Å²) in [6.07, 6.45) is 1.30. The summed E-state index contributed by atoms with van der Waals surface area (Å²) in [5, 5.41) is 15.0. The van der Waals surface area contributed by atoms with Crippen molar-refractivity contribution < 1.29 is 33.8 Å². The zero-order chi connectivity index (χ0) is 31.1. The molecule has 12 nitrogen and oxygen atoms in total. The van der Waals surface area contributed by atoms with Crippen molar-refractivity contribution in [3.05, 3.63) is 95.1 Å². The van der Waals surface area contributed by atoms with Crippen LogP contribution >= 0.6 is 0 Å². The van der Waals surface area contributed by atoms with Crippen LogP contribution < -0.4 is 15.3 Å². The maximum atomic E-state index is 14.2. The number of methoxy groups -OCH3 is 2. The predicted octanol–water partition coefficient (Wildman–Crippen LogP) is 3.52. The normalized spacial score (nSPS) is 15.6. The smallest absolute Gasteiger partial charge is 0.347 e. The summed E-state index contributed by atoms with van der Waals surface area (Å²) < 4.78 is 10.7. The van der Waals surface area contributed by atoms with Crippen LogP contribution in [0, 0.1) is 0 Å². The second-order valence-corrected chi connectivity index (χ2v) is 9.80. The minimum atomic E-state index is -1.24. The first-order valence-electron chi connectivity index (χ1n) is 13.4. The van der Waals surface area contributed by atoms with Gasteiger partial charge < -0.3 is 25.3 Å². The molecule has 12 heteroatoms. The molecule has 2 atom stereocenters. The largest absolute Gasteiger partial charge is 0.493 e. The monoisotopic (exact) mass is 587 g/mol. The van der Waals surface area contributed by atoms with Gasteiger partial charge in [-0.3, -0.25) is 14.4 Å². The van der Waals surface area contributed by atoms with Gasteiger partial charge in [-0.15, -0.1) is 0 Å². The standard InChI is InChI=1S/C31H33N5O7/c1-20(37)35(25(18-28(38)39)24-13-14-26(42-2)27(17-24)43-3)36-30(40)29(23-11-9-22(10-12-23)19-33-32)34(31(36)41)16-15-21-7-5-4-6-8-21/h4-14,17,19,25,29H,15-16,18,32H2,1-3H3,(H,38,39)/t25-,29-/m1/s1. The summed E-state index contributed by atoms with van der Waals surface area (Å²) in [6.45, 7) is 1.34. The van der Waals surface area contributed by atoms with Gasteiger partial charge in [-0.2, -0.15) is 10.1 Å². The van der Waals surface area contributed by atoms with E-state index in [2.05, 4.69) is 5.10 Å². The molecule has 4 amide bonds. The Morgan fingerprint density at radius 2 is 1.70 bits per heavy atom. The van der Waals surface area contributed by atoms with E-state index in [1.807, 2.05) is 30.3 Å². The van der Waals surface area contributed by atoms with Crippen LogP contribution in [0.25, 0.3) is 0 Å². The molecule has 0 saturated carbocycles. The van der Waals surface area contributed by atoms with E-state index < -0.39 is 42.3 Å². The van der Waals surface area contributed by atoms with Crippen molar-refractivity contribution in [3.8, 4) is 11.5 Å². The van der Waals surface area contributed by atoms with Crippen molar-refractivity contribution in [2.45, 2.75) is 31.8 Å². The lowest BCUT2D eigenvalue weighted by Crippen LogP contribution is -2.51. The number of carboxylic acids is 1. The highest BCUT2D eigenvalue weighted by molar-refractivity contribution is 6.05. The minimum absolute atomic E-state index is 0.160. The van der Waals surface area contributed by atoms with Crippen LogP contribution in [0.4, 0.5) is 4.79 Å². The number of imide groups is 1. The molecule has 0 bridgehead atoms. The molecular weight excluding hydrogens is 554 g/mol. The Bertz CT molecular complexity index is 1510. The van der Waals surface area contributed by atoms with Crippen LogP contribution in [0.5, 0.6) is 11.5 Å². The van der Waals surface area contributed by atoms with Gasteiger partial charge in [0.1, 0.15) is 6.04 Å². The lowest BCUT2D eigenvalue weighted by atomic mass is 10.0. The fourth-order valence-corrected chi connectivity index (χ4v) is 5.14. The van der Waals surface area contributed by atoms with Crippen molar-refractivity contribution in [2.75, 3.05) is 20.8 Å². The molecule has 43 heavy (non-hydrogen) atoms. The Hall–Kier alpha value is -5.39. The molecule has 0 radical (unpaired) electrons. The van der Waals surface area contributed by atoms with Gasteiger partial charge in [-0.25, -0.2) is 9.80 Å². The predicted molar refractivity (Wildman–Crippen MR) is 157 cm³/mol. The fraction of sp³-hybridized carbons (Fsp3) is 0.258. The molecule has 0 unspecified atom stereocenters. The molecule has 1 saturated heterocycles. The van der Waals surface area contributed by atoms with E-state index in [0.29, 0.717) is 34.6 Å². The van der Waals surface area contributed by atoms with Crippen molar-refractivity contribution >= 4 is 30.0 Å². The first-order valence-corrected chi connectivity index (χ1v) is 13.4. The molecule has 4 rings (SSSR count). The van der Waals surface area contributed by atoms with E-state index in [9.17, 15) is 24.3 Å². The molecule has 0 aromatic heterocycles. The summed E-state index contributed by atoms with van der Waals surface area (Å²) in [7, 11) is 2.87. The van der Waals surface area contributed by atoms with Crippen LogP contribution in [0.1, 0.15) is 47.7 Å². The summed E-state index contributed by atoms with van der Waals surface area (Å²) >= 11 is 0. The molecule has 0 aliphatic carbocycles. The van der Waals surface area contributed by atoms with Crippen molar-refractivity contribution in [3.63, 3.8) is 0 Å². The topological polar surface area (TPSA) is 155 Å². The number of hydrogen-bond acceptors (Lipinski definition) is 8. The Morgan fingerprint density at radius 3 is 2.28 bits per heavy atom. The van der Waals surface area contributed by atoms with Crippen LogP contribution in [0.15, 0.2) is 77.9 Å². The Kier molecular flexibility index (Phi) is 9.61. The van der Waals surface area contributed by atoms with Crippen molar-refractivity contribution in [1.29, 1.82) is 0 Å². The average molecular weight is 588 g/mol. The summed E-state index contributed by atoms with van der Waals surface area (Å²) in [5.74, 6) is 3.32. The van der Waals surface area contributed by atoms with Crippen LogP contribution in [-0.4, -0.2) is 70.8 Å². The van der Waals surface area contributed by atoms with Crippen molar-refractivity contribution in [2.24, 2.45) is 10.9 Å². The zero-order valence-electron chi connectivity index (χ0n) is 24.0. The fourth-order valence-electron chi connectivity index (χ4n) is 5.14. The van der Waals surface area contributed by atoms with Gasteiger partial charge in [0.25, 0.3) is 5.91 Å². The number of carbonyl (C=O) groups is 4. The second-order valence-electron chi connectivity index (χ2n) is 9.80. The quantitative estimate of drug-likeness (QED) is 0.141. The molecule has 0 spiro atoms. The third-order valence-electron chi connectivity index (χ3n) is 7.13. The number of nitrogens with two attached hydrogens (primary N) is 1. The maximum absolute atomic E-state index is 14.2. The number of hydrogen-bond donors (Lipinski definition) is 2. The highest BCUT2D eigenvalue weighted by atomic mass is 16.5. The number of benzene rings is 3. The molecule has 1 aliphatic heterocycles. The molecule has 1 heterocycles. The number of carbonyl (C=O) groups excluding carboxylic acids is 3. The van der Waals surface area contributed by atoms with Crippen LogP contribution in [0.3, 0.4) is 0 Å². The summed E-state index contributed by atoms with van der Waals surface area (Å²) in [5.41, 5.74) is 2.48. The third-order valence-corrected chi connectivity index (χ3v) is 7.13.